The molecule has 0 bridgehead atoms. The van der Waals surface area contributed by atoms with Crippen LogP contribution >= 0.6 is 11.6 Å². The van der Waals surface area contributed by atoms with Crippen LogP contribution in [-0.2, 0) is 11.2 Å². The molecule has 1 aliphatic heterocycles. The molecule has 0 saturated carbocycles. The van der Waals surface area contributed by atoms with Gasteiger partial charge >= 0.3 is 13.1 Å². The Morgan fingerprint density at radius 1 is 1.48 bits per heavy atom. The van der Waals surface area contributed by atoms with Crippen molar-refractivity contribution in [3.8, 4) is 5.75 Å². The second-order valence-electron chi connectivity index (χ2n) is 5.18. The fraction of sp³-hybridized carbons (Fsp3) is 0.429. The number of hydrogen-bond donors (Lipinski definition) is 2. The molecular formula is C14H16BClO5. The molecule has 0 radical (unpaired) electrons. The van der Waals surface area contributed by atoms with Gasteiger partial charge in [0.2, 0.25) is 0 Å². The van der Waals surface area contributed by atoms with Gasteiger partial charge < -0.3 is 14.8 Å². The van der Waals surface area contributed by atoms with E-state index in [0.29, 0.717) is 18.4 Å². The topological polar surface area (TPSA) is 83.8 Å². The van der Waals surface area contributed by atoms with E-state index in [4.69, 9.17) is 16.3 Å². The number of benzene rings is 1. The maximum Gasteiger partial charge on any atom is 0.526 e. The van der Waals surface area contributed by atoms with Gasteiger partial charge in [-0.25, -0.2) is 4.79 Å². The summed E-state index contributed by atoms with van der Waals surface area (Å²) in [7, 11) is -1.20. The third-order valence-electron chi connectivity index (χ3n) is 3.54. The normalized spacial score (nSPS) is 17.1. The number of hydrogen-bond acceptors (Lipinski definition) is 4. The first-order chi connectivity index (χ1) is 9.93. The summed E-state index contributed by atoms with van der Waals surface area (Å²) in [4.78, 5) is 23.0. The first-order valence-electron chi connectivity index (χ1n) is 6.85. The molecule has 2 N–H and O–H groups in total. The molecule has 1 heterocycles. The summed E-state index contributed by atoms with van der Waals surface area (Å²) in [6.45, 7) is 1.92. The van der Waals surface area contributed by atoms with Crippen LogP contribution in [0, 0.1) is 0 Å². The second-order valence-corrected chi connectivity index (χ2v) is 5.59. The van der Waals surface area contributed by atoms with E-state index in [1.54, 1.807) is 6.07 Å². The fourth-order valence-corrected chi connectivity index (χ4v) is 2.77. The van der Waals surface area contributed by atoms with E-state index in [1.807, 2.05) is 6.92 Å². The Labute approximate surface area is 128 Å². The molecule has 2 rings (SSSR count). The average molecular weight is 311 g/mol. The molecule has 112 valence electrons. The van der Waals surface area contributed by atoms with Crippen LogP contribution in [0.15, 0.2) is 12.1 Å². The zero-order valence-electron chi connectivity index (χ0n) is 11.6. The Kier molecular flexibility index (Phi) is 4.90. The number of Topliss-reactive ketones (excluding diaryl/α,β-unsaturated/α-hetero) is 1. The van der Waals surface area contributed by atoms with E-state index in [9.17, 15) is 19.7 Å². The lowest BCUT2D eigenvalue weighted by Gasteiger charge is -2.28. The highest BCUT2D eigenvalue weighted by Crippen LogP contribution is 2.39. The van der Waals surface area contributed by atoms with E-state index in [2.05, 4.69) is 0 Å². The van der Waals surface area contributed by atoms with Gasteiger partial charge in [0.25, 0.3) is 0 Å². The number of carboxylic acid groups (broad SMARTS) is 1. The van der Waals surface area contributed by atoms with Crippen molar-refractivity contribution in [3.63, 3.8) is 0 Å². The molecule has 0 unspecified atom stereocenters. The minimum atomic E-state index is -1.20. The van der Waals surface area contributed by atoms with Crippen molar-refractivity contribution in [2.45, 2.75) is 38.4 Å². The molecule has 0 aromatic heterocycles. The quantitative estimate of drug-likeness (QED) is 0.817. The van der Waals surface area contributed by atoms with Gasteiger partial charge in [-0.15, -0.1) is 0 Å². The lowest BCUT2D eigenvalue weighted by molar-refractivity contribution is -0.119. The Morgan fingerprint density at radius 3 is 2.81 bits per heavy atom. The number of rotatable bonds is 5. The van der Waals surface area contributed by atoms with Crippen molar-refractivity contribution < 1.29 is 24.4 Å². The molecule has 5 nitrogen and oxygen atoms in total. The summed E-state index contributed by atoms with van der Waals surface area (Å²) in [5, 5.41) is 19.3. The van der Waals surface area contributed by atoms with Crippen LogP contribution in [0.25, 0.3) is 0 Å². The molecule has 0 spiro atoms. The number of carbonyl (C=O) groups is 2. The smallest absolute Gasteiger partial charge is 0.526 e. The summed E-state index contributed by atoms with van der Waals surface area (Å²) < 4.78 is 5.33. The van der Waals surface area contributed by atoms with Crippen molar-refractivity contribution in [2.24, 2.45) is 0 Å². The Balaban J connectivity index is 2.26. The lowest BCUT2D eigenvalue weighted by atomic mass is 9.64. The van der Waals surface area contributed by atoms with Crippen LogP contribution < -0.4 is 4.65 Å². The average Bonchev–Trinajstić information content (AvgIpc) is 2.39. The van der Waals surface area contributed by atoms with E-state index in [1.165, 1.54) is 6.07 Å². The van der Waals surface area contributed by atoms with Gasteiger partial charge in [0.05, 0.1) is 5.02 Å². The SMILES string of the molecule is CCCC(=O)C[C@H]1Cc2ccc(Cl)c(C(=O)O)c2OB1O. The predicted molar refractivity (Wildman–Crippen MR) is 79.0 cm³/mol. The van der Waals surface area contributed by atoms with Crippen LogP contribution in [0.3, 0.4) is 0 Å². The summed E-state index contributed by atoms with van der Waals surface area (Å²) in [5.41, 5.74) is 0.503. The summed E-state index contributed by atoms with van der Waals surface area (Å²) in [5.74, 6) is -1.40. The number of halogens is 1. The molecule has 0 saturated heterocycles. The molecular weight excluding hydrogens is 294 g/mol. The van der Waals surface area contributed by atoms with Gasteiger partial charge in [0, 0.05) is 18.7 Å². The number of carbonyl (C=O) groups excluding carboxylic acids is 1. The summed E-state index contributed by atoms with van der Waals surface area (Å²) in [6.07, 6.45) is 1.85. The van der Waals surface area contributed by atoms with Crippen LogP contribution in [0.1, 0.15) is 42.1 Å². The summed E-state index contributed by atoms with van der Waals surface area (Å²) in [6, 6.07) is 3.17. The molecule has 1 aromatic carbocycles. The number of fused-ring (bicyclic) bond motifs is 1. The molecule has 21 heavy (non-hydrogen) atoms. The van der Waals surface area contributed by atoms with Crippen LogP contribution in [-0.4, -0.2) is 29.0 Å². The molecule has 0 aliphatic carbocycles. The van der Waals surface area contributed by atoms with Crippen molar-refractivity contribution in [2.75, 3.05) is 0 Å². The van der Waals surface area contributed by atoms with Crippen molar-refractivity contribution in [3.05, 3.63) is 28.3 Å². The minimum absolute atomic E-state index is 0.0639. The largest absolute Gasteiger partial charge is 0.535 e. The Morgan fingerprint density at radius 2 is 2.19 bits per heavy atom. The van der Waals surface area contributed by atoms with Gasteiger partial charge in [0.1, 0.15) is 17.1 Å². The molecule has 7 heteroatoms. The molecule has 1 atom stereocenters. The maximum atomic E-state index is 11.7. The zero-order valence-corrected chi connectivity index (χ0v) is 12.4. The van der Waals surface area contributed by atoms with Gasteiger partial charge in [-0.1, -0.05) is 24.6 Å². The first-order valence-corrected chi connectivity index (χ1v) is 7.23. The predicted octanol–water partition coefficient (Wildman–Crippen LogP) is 2.58. The van der Waals surface area contributed by atoms with E-state index in [0.717, 1.165) is 6.42 Å². The third kappa shape index (κ3) is 3.39. The molecule has 0 fully saturated rings. The highest BCUT2D eigenvalue weighted by molar-refractivity contribution is 6.47. The van der Waals surface area contributed by atoms with Crippen molar-refractivity contribution in [1.29, 1.82) is 0 Å². The van der Waals surface area contributed by atoms with E-state index >= 15 is 0 Å². The lowest BCUT2D eigenvalue weighted by Crippen LogP contribution is -2.35. The summed E-state index contributed by atoms with van der Waals surface area (Å²) >= 11 is 5.87. The van der Waals surface area contributed by atoms with Gasteiger partial charge in [-0.2, -0.15) is 0 Å². The highest BCUT2D eigenvalue weighted by atomic mass is 35.5. The van der Waals surface area contributed by atoms with Crippen LogP contribution in [0.2, 0.25) is 10.8 Å². The van der Waals surface area contributed by atoms with E-state index < -0.39 is 13.1 Å². The van der Waals surface area contributed by atoms with Gasteiger partial charge in [0.15, 0.2) is 0 Å². The number of aromatic carboxylic acids is 1. The Bertz CT molecular complexity index is 575. The monoisotopic (exact) mass is 310 g/mol. The second kappa shape index (κ2) is 6.49. The molecule has 1 aliphatic rings. The fourth-order valence-electron chi connectivity index (χ4n) is 2.54. The van der Waals surface area contributed by atoms with Gasteiger partial charge in [-0.3, -0.25) is 4.79 Å². The zero-order chi connectivity index (χ0) is 15.6. The van der Waals surface area contributed by atoms with Crippen LogP contribution in [0.5, 0.6) is 5.75 Å². The van der Waals surface area contributed by atoms with Gasteiger partial charge in [-0.05, 0) is 24.5 Å². The van der Waals surface area contributed by atoms with Crippen LogP contribution in [0.4, 0.5) is 0 Å². The molecule has 0 amide bonds. The van der Waals surface area contributed by atoms with Crippen molar-refractivity contribution in [1.82, 2.24) is 0 Å². The number of carboxylic acids is 1. The maximum absolute atomic E-state index is 11.7. The molecule has 1 aromatic rings. The van der Waals surface area contributed by atoms with E-state index in [-0.39, 0.29) is 34.4 Å². The Hall–Kier alpha value is -1.53. The minimum Gasteiger partial charge on any atom is -0.535 e. The van der Waals surface area contributed by atoms with Crippen molar-refractivity contribution >= 4 is 30.5 Å². The first kappa shape index (κ1) is 15.9. The third-order valence-corrected chi connectivity index (χ3v) is 3.86. The standard InChI is InChI=1S/C14H16BClO5/c1-2-3-10(17)7-9-6-8-4-5-11(16)12(14(18)19)13(8)21-15(9)20/h4-5,9,20H,2-3,6-7H2,1H3,(H,18,19)/t9-/m1/s1. The highest BCUT2D eigenvalue weighted by Gasteiger charge is 2.38. The number of ketones is 1.